The van der Waals surface area contributed by atoms with Gasteiger partial charge in [0.1, 0.15) is 0 Å². The van der Waals surface area contributed by atoms with Crippen molar-refractivity contribution in [3.63, 3.8) is 0 Å². The maximum absolute atomic E-state index is 12.2. The molecule has 0 atom stereocenters. The first-order valence-corrected chi connectivity index (χ1v) is 6.30. The third kappa shape index (κ3) is 2.53. The number of benzene rings is 1. The SMILES string of the molecule is CCCCN(C)C(=O)c1ccc2c(c1)CC(=O)N2. The third-order valence-corrected chi connectivity index (χ3v) is 3.17. The number of amides is 2. The van der Waals surface area contributed by atoms with E-state index in [2.05, 4.69) is 12.2 Å². The summed E-state index contributed by atoms with van der Waals surface area (Å²) in [5, 5.41) is 2.76. The lowest BCUT2D eigenvalue weighted by Crippen LogP contribution is -2.27. The van der Waals surface area contributed by atoms with Crippen molar-refractivity contribution in [3.05, 3.63) is 29.3 Å². The topological polar surface area (TPSA) is 49.4 Å². The Morgan fingerprint density at radius 3 is 2.94 bits per heavy atom. The standard InChI is InChI=1S/C14H18N2O2/c1-3-4-7-16(2)14(18)10-5-6-12-11(8-10)9-13(17)15-12/h5-6,8H,3-4,7,9H2,1-2H3,(H,15,17). The molecular formula is C14H18N2O2. The van der Waals surface area contributed by atoms with Crippen LogP contribution in [0.3, 0.4) is 0 Å². The van der Waals surface area contributed by atoms with Gasteiger partial charge in [-0.25, -0.2) is 0 Å². The van der Waals surface area contributed by atoms with Crippen molar-refractivity contribution in [2.24, 2.45) is 0 Å². The number of anilines is 1. The molecule has 0 aromatic heterocycles. The van der Waals surface area contributed by atoms with Crippen molar-refractivity contribution in [2.75, 3.05) is 18.9 Å². The monoisotopic (exact) mass is 246 g/mol. The molecule has 1 aromatic carbocycles. The lowest BCUT2D eigenvalue weighted by molar-refractivity contribution is -0.115. The number of unbranched alkanes of at least 4 members (excludes halogenated alkanes) is 1. The second kappa shape index (κ2) is 5.21. The summed E-state index contributed by atoms with van der Waals surface area (Å²) in [4.78, 5) is 25.1. The van der Waals surface area contributed by atoms with E-state index in [-0.39, 0.29) is 11.8 Å². The maximum Gasteiger partial charge on any atom is 0.253 e. The fourth-order valence-corrected chi connectivity index (χ4v) is 2.08. The van der Waals surface area contributed by atoms with Gasteiger partial charge in [-0.2, -0.15) is 0 Å². The van der Waals surface area contributed by atoms with E-state index in [0.717, 1.165) is 30.6 Å². The Labute approximate surface area is 107 Å². The normalized spacial score (nSPS) is 13.1. The molecule has 2 amide bonds. The molecule has 2 rings (SSSR count). The minimum absolute atomic E-state index is 0.00561. The number of fused-ring (bicyclic) bond motifs is 1. The van der Waals surface area contributed by atoms with Crippen molar-refractivity contribution in [3.8, 4) is 0 Å². The van der Waals surface area contributed by atoms with Crippen molar-refractivity contribution in [2.45, 2.75) is 26.2 Å². The van der Waals surface area contributed by atoms with E-state index in [9.17, 15) is 9.59 Å². The molecule has 0 spiro atoms. The number of nitrogens with one attached hydrogen (secondary N) is 1. The first-order chi connectivity index (χ1) is 8.61. The Balaban J connectivity index is 2.12. The molecule has 0 radical (unpaired) electrons. The fraction of sp³-hybridized carbons (Fsp3) is 0.429. The first-order valence-electron chi connectivity index (χ1n) is 6.30. The number of hydrogen-bond acceptors (Lipinski definition) is 2. The summed E-state index contributed by atoms with van der Waals surface area (Å²) in [7, 11) is 1.81. The van der Waals surface area contributed by atoms with E-state index in [1.807, 2.05) is 13.1 Å². The van der Waals surface area contributed by atoms with E-state index < -0.39 is 0 Å². The van der Waals surface area contributed by atoms with Crippen LogP contribution in [-0.2, 0) is 11.2 Å². The minimum Gasteiger partial charge on any atom is -0.342 e. The van der Waals surface area contributed by atoms with E-state index in [1.54, 1.807) is 17.0 Å². The van der Waals surface area contributed by atoms with Crippen LogP contribution in [-0.4, -0.2) is 30.3 Å². The fourth-order valence-electron chi connectivity index (χ4n) is 2.08. The molecular weight excluding hydrogens is 228 g/mol. The van der Waals surface area contributed by atoms with Crippen molar-refractivity contribution in [1.82, 2.24) is 4.90 Å². The molecule has 18 heavy (non-hydrogen) atoms. The summed E-state index contributed by atoms with van der Waals surface area (Å²) in [5.74, 6) is 0.0135. The van der Waals surface area contributed by atoms with Gasteiger partial charge in [0.05, 0.1) is 6.42 Å². The molecule has 1 aliphatic heterocycles. The van der Waals surface area contributed by atoms with Gasteiger partial charge in [-0.15, -0.1) is 0 Å². The van der Waals surface area contributed by atoms with Crippen LogP contribution < -0.4 is 5.32 Å². The van der Waals surface area contributed by atoms with E-state index in [0.29, 0.717) is 12.0 Å². The van der Waals surface area contributed by atoms with Crippen molar-refractivity contribution < 1.29 is 9.59 Å². The molecule has 0 fully saturated rings. The quantitative estimate of drug-likeness (QED) is 0.884. The minimum atomic E-state index is -0.00561. The summed E-state index contributed by atoms with van der Waals surface area (Å²) >= 11 is 0. The van der Waals surface area contributed by atoms with Crippen LogP contribution in [0.1, 0.15) is 35.7 Å². The highest BCUT2D eigenvalue weighted by molar-refractivity contribution is 6.01. The van der Waals surface area contributed by atoms with Crippen LogP contribution in [0, 0.1) is 0 Å². The molecule has 4 heteroatoms. The van der Waals surface area contributed by atoms with Gasteiger partial charge in [0.2, 0.25) is 5.91 Å². The summed E-state index contributed by atoms with van der Waals surface area (Å²) in [6, 6.07) is 5.40. The zero-order valence-corrected chi connectivity index (χ0v) is 10.8. The van der Waals surface area contributed by atoms with Gasteiger partial charge in [-0.3, -0.25) is 9.59 Å². The molecule has 1 aliphatic rings. The molecule has 1 aromatic rings. The summed E-state index contributed by atoms with van der Waals surface area (Å²) in [6.45, 7) is 2.87. The Hall–Kier alpha value is -1.84. The highest BCUT2D eigenvalue weighted by Gasteiger charge is 2.20. The van der Waals surface area contributed by atoms with Gasteiger partial charge < -0.3 is 10.2 Å². The van der Waals surface area contributed by atoms with Gasteiger partial charge in [0.15, 0.2) is 0 Å². The molecule has 0 saturated carbocycles. The molecule has 0 aliphatic carbocycles. The smallest absolute Gasteiger partial charge is 0.253 e. The van der Waals surface area contributed by atoms with Gasteiger partial charge >= 0.3 is 0 Å². The van der Waals surface area contributed by atoms with E-state index >= 15 is 0 Å². The Morgan fingerprint density at radius 1 is 1.44 bits per heavy atom. The van der Waals surface area contributed by atoms with Crippen LogP contribution >= 0.6 is 0 Å². The molecule has 1 heterocycles. The second-order valence-electron chi connectivity index (χ2n) is 4.68. The second-order valence-corrected chi connectivity index (χ2v) is 4.68. The Morgan fingerprint density at radius 2 is 2.22 bits per heavy atom. The van der Waals surface area contributed by atoms with Crippen LogP contribution in [0.2, 0.25) is 0 Å². The summed E-state index contributed by atoms with van der Waals surface area (Å²) in [6.07, 6.45) is 2.45. The highest BCUT2D eigenvalue weighted by atomic mass is 16.2. The number of rotatable bonds is 4. The molecule has 0 saturated heterocycles. The van der Waals surface area contributed by atoms with Crippen LogP contribution in [0.5, 0.6) is 0 Å². The third-order valence-electron chi connectivity index (χ3n) is 3.17. The Kier molecular flexibility index (Phi) is 3.65. The first kappa shape index (κ1) is 12.6. The molecule has 96 valence electrons. The summed E-state index contributed by atoms with van der Waals surface area (Å²) in [5.41, 5.74) is 2.39. The van der Waals surface area contributed by atoms with Crippen LogP contribution in [0.4, 0.5) is 5.69 Å². The summed E-state index contributed by atoms with van der Waals surface area (Å²) < 4.78 is 0. The van der Waals surface area contributed by atoms with Crippen LogP contribution in [0.15, 0.2) is 18.2 Å². The number of carbonyl (C=O) groups excluding carboxylic acids is 2. The van der Waals surface area contributed by atoms with Gasteiger partial charge in [-0.05, 0) is 30.2 Å². The van der Waals surface area contributed by atoms with Gasteiger partial charge in [-0.1, -0.05) is 13.3 Å². The lowest BCUT2D eigenvalue weighted by Gasteiger charge is -2.17. The predicted molar refractivity (Wildman–Crippen MR) is 70.6 cm³/mol. The van der Waals surface area contributed by atoms with E-state index in [4.69, 9.17) is 0 Å². The maximum atomic E-state index is 12.2. The van der Waals surface area contributed by atoms with E-state index in [1.165, 1.54) is 0 Å². The average molecular weight is 246 g/mol. The van der Waals surface area contributed by atoms with Crippen molar-refractivity contribution >= 4 is 17.5 Å². The zero-order valence-electron chi connectivity index (χ0n) is 10.8. The molecule has 0 unspecified atom stereocenters. The largest absolute Gasteiger partial charge is 0.342 e. The highest BCUT2D eigenvalue weighted by Crippen LogP contribution is 2.24. The van der Waals surface area contributed by atoms with Gasteiger partial charge in [0, 0.05) is 24.8 Å². The lowest BCUT2D eigenvalue weighted by atomic mass is 10.1. The number of hydrogen-bond donors (Lipinski definition) is 1. The van der Waals surface area contributed by atoms with Crippen molar-refractivity contribution in [1.29, 1.82) is 0 Å². The number of carbonyl (C=O) groups is 2. The molecule has 4 nitrogen and oxygen atoms in total. The van der Waals surface area contributed by atoms with Crippen LogP contribution in [0.25, 0.3) is 0 Å². The zero-order chi connectivity index (χ0) is 13.1. The van der Waals surface area contributed by atoms with Gasteiger partial charge in [0.25, 0.3) is 5.91 Å². The predicted octanol–water partition coefficient (Wildman–Crippen LogP) is 2.05. The average Bonchev–Trinajstić information content (AvgIpc) is 2.73. The molecule has 1 N–H and O–H groups in total. The molecule has 0 bridgehead atoms. The number of nitrogens with zero attached hydrogens (tertiary/aromatic N) is 1. The Bertz CT molecular complexity index is 483.